The third-order valence-electron chi connectivity index (χ3n) is 6.93. The molecule has 9 heteroatoms. The molecule has 0 saturated carbocycles. The van der Waals surface area contributed by atoms with E-state index in [1.807, 2.05) is 72.9 Å². The first-order valence-electron chi connectivity index (χ1n) is 12.8. The van der Waals surface area contributed by atoms with E-state index >= 15 is 0 Å². The number of hydrogen-bond donors (Lipinski definition) is 0. The largest absolute Gasteiger partial charge is 0.365 e. The Balaban J connectivity index is 1.57. The fourth-order valence-corrected chi connectivity index (χ4v) is 6.47. The number of rotatable bonds is 8. The van der Waals surface area contributed by atoms with Crippen molar-refractivity contribution in [2.75, 3.05) is 18.5 Å². The zero-order valence-corrected chi connectivity index (χ0v) is 22.6. The summed E-state index contributed by atoms with van der Waals surface area (Å²) in [6.07, 6.45) is 5.77. The van der Waals surface area contributed by atoms with Gasteiger partial charge in [0, 0.05) is 57.0 Å². The molecule has 1 aliphatic rings. The molecule has 0 N–H and O–H groups in total. The second-order valence-electron chi connectivity index (χ2n) is 9.67. The highest BCUT2D eigenvalue weighted by Crippen LogP contribution is 2.33. The van der Waals surface area contributed by atoms with Gasteiger partial charge >= 0.3 is 0 Å². The van der Waals surface area contributed by atoms with Crippen LogP contribution in [-0.4, -0.2) is 46.6 Å². The molecule has 39 heavy (non-hydrogen) atoms. The van der Waals surface area contributed by atoms with Gasteiger partial charge in [-0.25, -0.2) is 0 Å². The van der Waals surface area contributed by atoms with Gasteiger partial charge in [-0.15, -0.1) is 0 Å². The molecule has 2 aromatic heterocycles. The zero-order valence-electron chi connectivity index (χ0n) is 21.8. The number of pyridine rings is 2. The first-order chi connectivity index (χ1) is 18.9. The van der Waals surface area contributed by atoms with Crippen LogP contribution in [0.2, 0.25) is 0 Å². The Morgan fingerprint density at radius 1 is 1.00 bits per heavy atom. The Morgan fingerprint density at radius 2 is 1.79 bits per heavy atom. The SMILES string of the molecule is CN(Cc1ccccn1)S(=O)(=O)N1Cc2cc(C#N)ccc2N(Cc2cccnc2)C[C@H]1Cc1ccccc1. The summed E-state index contributed by atoms with van der Waals surface area (Å²) in [5.41, 5.74) is 4.96. The molecular weight excluding hydrogens is 508 g/mol. The van der Waals surface area contributed by atoms with Crippen LogP contribution in [0.4, 0.5) is 5.69 Å². The summed E-state index contributed by atoms with van der Waals surface area (Å²) in [6.45, 7) is 1.35. The van der Waals surface area contributed by atoms with Gasteiger partial charge in [0.05, 0.1) is 23.9 Å². The molecule has 0 saturated heterocycles. The Hall–Kier alpha value is -4.10. The number of nitriles is 1. The lowest BCUT2D eigenvalue weighted by Crippen LogP contribution is -2.50. The molecule has 0 spiro atoms. The number of hydrogen-bond acceptors (Lipinski definition) is 6. The molecule has 4 aromatic rings. The molecule has 1 aliphatic heterocycles. The Kier molecular flexibility index (Phi) is 7.98. The van der Waals surface area contributed by atoms with Gasteiger partial charge in [-0.05, 0) is 59.5 Å². The molecule has 0 amide bonds. The van der Waals surface area contributed by atoms with Crippen LogP contribution in [-0.2, 0) is 36.3 Å². The van der Waals surface area contributed by atoms with Crippen LogP contribution in [0, 0.1) is 11.3 Å². The van der Waals surface area contributed by atoms with Crippen molar-refractivity contribution in [3.05, 3.63) is 125 Å². The minimum Gasteiger partial charge on any atom is -0.365 e. The van der Waals surface area contributed by atoms with Gasteiger partial charge in [-0.2, -0.15) is 22.3 Å². The molecule has 0 unspecified atom stereocenters. The summed E-state index contributed by atoms with van der Waals surface area (Å²) in [4.78, 5) is 10.8. The van der Waals surface area contributed by atoms with Crippen LogP contribution in [0.25, 0.3) is 0 Å². The summed E-state index contributed by atoms with van der Waals surface area (Å²) in [7, 11) is -2.31. The van der Waals surface area contributed by atoms with Crippen molar-refractivity contribution in [2.24, 2.45) is 0 Å². The molecule has 0 radical (unpaired) electrons. The van der Waals surface area contributed by atoms with E-state index in [2.05, 4.69) is 20.9 Å². The summed E-state index contributed by atoms with van der Waals surface area (Å²) in [6, 6.07) is 26.7. The maximum atomic E-state index is 14.2. The highest BCUT2D eigenvalue weighted by atomic mass is 32.2. The molecule has 0 aliphatic carbocycles. The van der Waals surface area contributed by atoms with Gasteiger partial charge in [0.15, 0.2) is 0 Å². The van der Waals surface area contributed by atoms with Crippen LogP contribution >= 0.6 is 0 Å². The molecular formula is C30H30N6O2S. The average Bonchev–Trinajstić information content (AvgIpc) is 3.11. The van der Waals surface area contributed by atoms with Crippen molar-refractivity contribution in [2.45, 2.75) is 32.1 Å². The van der Waals surface area contributed by atoms with Gasteiger partial charge < -0.3 is 4.90 Å². The topological polar surface area (TPSA) is 93.4 Å². The van der Waals surface area contributed by atoms with E-state index in [4.69, 9.17) is 0 Å². The molecule has 0 fully saturated rings. The minimum absolute atomic E-state index is 0.154. The molecule has 2 aromatic carbocycles. The van der Waals surface area contributed by atoms with Gasteiger partial charge in [0.25, 0.3) is 10.2 Å². The molecule has 198 valence electrons. The van der Waals surface area contributed by atoms with Gasteiger partial charge in [-0.1, -0.05) is 42.5 Å². The maximum Gasteiger partial charge on any atom is 0.282 e. The Bertz CT molecular complexity index is 1540. The second kappa shape index (κ2) is 11.7. The lowest BCUT2D eigenvalue weighted by molar-refractivity contribution is 0.288. The van der Waals surface area contributed by atoms with Crippen molar-refractivity contribution in [1.29, 1.82) is 5.26 Å². The summed E-state index contributed by atoms with van der Waals surface area (Å²) in [5.74, 6) is 0. The number of aromatic nitrogens is 2. The normalized spacial score (nSPS) is 15.9. The van der Waals surface area contributed by atoms with E-state index in [9.17, 15) is 13.7 Å². The van der Waals surface area contributed by atoms with E-state index < -0.39 is 10.2 Å². The molecule has 8 nitrogen and oxygen atoms in total. The van der Waals surface area contributed by atoms with E-state index in [1.54, 1.807) is 35.9 Å². The predicted molar refractivity (Wildman–Crippen MR) is 151 cm³/mol. The summed E-state index contributed by atoms with van der Waals surface area (Å²) < 4.78 is 31.4. The fourth-order valence-electron chi connectivity index (χ4n) is 5.00. The molecule has 1 atom stereocenters. The standard InChI is InChI=1S/C30H30N6O2S/c1-34(22-28-11-5-6-15-33-28)39(37,38)36-21-27-16-25(18-31)12-13-30(27)35(20-26-10-7-14-32-19-26)23-29(36)17-24-8-3-2-4-9-24/h2-16,19,29H,17,20-23H2,1H3/t29-/m1/s1. The smallest absolute Gasteiger partial charge is 0.282 e. The highest BCUT2D eigenvalue weighted by Gasteiger charge is 2.38. The van der Waals surface area contributed by atoms with Gasteiger partial charge in [-0.3, -0.25) is 9.97 Å². The van der Waals surface area contributed by atoms with Crippen molar-refractivity contribution < 1.29 is 8.42 Å². The van der Waals surface area contributed by atoms with Crippen LogP contribution in [0.1, 0.15) is 27.9 Å². The second-order valence-corrected chi connectivity index (χ2v) is 11.7. The molecule has 5 rings (SSSR count). The lowest BCUT2D eigenvalue weighted by Gasteiger charge is -2.34. The van der Waals surface area contributed by atoms with E-state index in [1.165, 1.54) is 4.31 Å². The highest BCUT2D eigenvalue weighted by molar-refractivity contribution is 7.86. The van der Waals surface area contributed by atoms with E-state index in [-0.39, 0.29) is 19.1 Å². The van der Waals surface area contributed by atoms with Crippen molar-refractivity contribution in [3.63, 3.8) is 0 Å². The predicted octanol–water partition coefficient (Wildman–Crippen LogP) is 4.16. The van der Waals surface area contributed by atoms with Crippen LogP contribution < -0.4 is 4.90 Å². The van der Waals surface area contributed by atoms with Crippen LogP contribution in [0.15, 0.2) is 97.5 Å². The number of benzene rings is 2. The maximum absolute atomic E-state index is 14.2. The van der Waals surface area contributed by atoms with Crippen LogP contribution in [0.3, 0.4) is 0 Å². The average molecular weight is 539 g/mol. The lowest BCUT2D eigenvalue weighted by atomic mass is 10.1. The number of fused-ring (bicyclic) bond motifs is 1. The number of nitrogens with zero attached hydrogens (tertiary/aromatic N) is 6. The van der Waals surface area contributed by atoms with Crippen LogP contribution in [0.5, 0.6) is 0 Å². The van der Waals surface area contributed by atoms with Crippen molar-refractivity contribution in [3.8, 4) is 6.07 Å². The first kappa shape index (κ1) is 26.5. The minimum atomic E-state index is -3.91. The molecule has 3 heterocycles. The third-order valence-corrected chi connectivity index (χ3v) is 8.86. The van der Waals surface area contributed by atoms with Gasteiger partial charge in [0.2, 0.25) is 0 Å². The Labute approximate surface area is 230 Å². The summed E-state index contributed by atoms with van der Waals surface area (Å²) >= 11 is 0. The monoisotopic (exact) mass is 538 g/mol. The quantitative estimate of drug-likeness (QED) is 0.335. The Morgan fingerprint density at radius 3 is 2.51 bits per heavy atom. The zero-order chi connectivity index (χ0) is 27.2. The summed E-state index contributed by atoms with van der Waals surface area (Å²) in [5, 5.41) is 9.62. The van der Waals surface area contributed by atoms with Crippen molar-refractivity contribution in [1.82, 2.24) is 18.6 Å². The van der Waals surface area contributed by atoms with Crippen molar-refractivity contribution >= 4 is 15.9 Å². The van der Waals surface area contributed by atoms with Gasteiger partial charge in [0.1, 0.15) is 0 Å². The third kappa shape index (κ3) is 6.15. The number of anilines is 1. The first-order valence-corrected chi connectivity index (χ1v) is 14.2. The fraction of sp³-hybridized carbons (Fsp3) is 0.233. The van der Waals surface area contributed by atoms with E-state index in [0.29, 0.717) is 30.8 Å². The van der Waals surface area contributed by atoms with E-state index in [0.717, 1.165) is 22.4 Å². The molecule has 0 bridgehead atoms.